The fourth-order valence-electron chi connectivity index (χ4n) is 1.21. The van der Waals surface area contributed by atoms with Gasteiger partial charge in [-0.15, -0.1) is 0 Å². The quantitative estimate of drug-likeness (QED) is 0.666. The van der Waals surface area contributed by atoms with Crippen LogP contribution >= 0.6 is 0 Å². The third-order valence-corrected chi connectivity index (χ3v) is 1.92. The van der Waals surface area contributed by atoms with E-state index in [1.54, 1.807) is 48.8 Å². The summed E-state index contributed by atoms with van der Waals surface area (Å²) in [4.78, 5) is 15.7. The smallest absolute Gasteiger partial charge is 0.193 e. The van der Waals surface area contributed by atoms with Crippen molar-refractivity contribution in [1.29, 1.82) is 0 Å². The number of hydrogen-bond acceptors (Lipinski definition) is 2. The Morgan fingerprint density at radius 2 is 1.57 bits per heavy atom. The summed E-state index contributed by atoms with van der Waals surface area (Å²) < 4.78 is 0. The first-order valence-corrected chi connectivity index (χ1v) is 4.29. The van der Waals surface area contributed by atoms with E-state index in [0.717, 1.165) is 0 Å². The van der Waals surface area contributed by atoms with Crippen molar-refractivity contribution < 1.29 is 4.79 Å². The summed E-state index contributed by atoms with van der Waals surface area (Å²) in [5.74, 6) is 0.0152. The van der Waals surface area contributed by atoms with Crippen LogP contribution in [-0.4, -0.2) is 10.8 Å². The third-order valence-electron chi connectivity index (χ3n) is 1.92. The van der Waals surface area contributed by atoms with Gasteiger partial charge in [-0.25, -0.2) is 0 Å². The van der Waals surface area contributed by atoms with E-state index in [0.29, 0.717) is 11.1 Å². The summed E-state index contributed by atoms with van der Waals surface area (Å²) in [6, 6.07) is 13.3. The van der Waals surface area contributed by atoms with E-state index < -0.39 is 0 Å². The first kappa shape index (κ1) is 8.63. The Balaban J connectivity index is 2.35. The second-order valence-electron chi connectivity index (χ2n) is 2.85. The van der Waals surface area contributed by atoms with E-state index in [9.17, 15) is 4.79 Å². The summed E-state index contributed by atoms with van der Waals surface area (Å²) in [6.07, 6.45) is 3.23. The van der Waals surface area contributed by atoms with E-state index in [1.807, 2.05) is 0 Å². The van der Waals surface area contributed by atoms with Crippen LogP contribution in [0.15, 0.2) is 48.8 Å². The van der Waals surface area contributed by atoms with E-state index >= 15 is 0 Å². The van der Waals surface area contributed by atoms with Crippen LogP contribution in [0.5, 0.6) is 0 Å². The second-order valence-corrected chi connectivity index (χ2v) is 2.85. The maximum absolute atomic E-state index is 11.8. The van der Waals surface area contributed by atoms with Gasteiger partial charge in [0, 0.05) is 23.5 Å². The number of hydrogen-bond donors (Lipinski definition) is 0. The Morgan fingerprint density at radius 3 is 2.21 bits per heavy atom. The van der Waals surface area contributed by atoms with Gasteiger partial charge in [-0.2, -0.15) is 0 Å². The molecule has 2 rings (SSSR count). The number of pyridine rings is 1. The second kappa shape index (κ2) is 3.83. The zero-order valence-electron chi connectivity index (χ0n) is 7.47. The molecule has 0 aliphatic rings. The van der Waals surface area contributed by atoms with Crippen molar-refractivity contribution in [1.82, 2.24) is 4.98 Å². The number of aromatic nitrogens is 1. The molecule has 1 aromatic heterocycles. The van der Waals surface area contributed by atoms with Gasteiger partial charge in [0.2, 0.25) is 0 Å². The molecule has 0 aliphatic carbocycles. The van der Waals surface area contributed by atoms with Crippen molar-refractivity contribution >= 4 is 5.78 Å². The molecule has 0 bridgehead atoms. The molecular formula is C12H8NO. The van der Waals surface area contributed by atoms with Gasteiger partial charge in [0.1, 0.15) is 0 Å². The van der Waals surface area contributed by atoms with Crippen molar-refractivity contribution in [3.63, 3.8) is 0 Å². The minimum absolute atomic E-state index is 0.0152. The van der Waals surface area contributed by atoms with Gasteiger partial charge in [-0.1, -0.05) is 24.3 Å². The Kier molecular flexibility index (Phi) is 2.36. The number of ketones is 1. The molecule has 0 saturated heterocycles. The molecule has 14 heavy (non-hydrogen) atoms. The van der Waals surface area contributed by atoms with Crippen LogP contribution in [-0.2, 0) is 0 Å². The van der Waals surface area contributed by atoms with Gasteiger partial charge in [0.25, 0.3) is 0 Å². The monoisotopic (exact) mass is 182 g/mol. The Labute approximate surface area is 82.2 Å². The van der Waals surface area contributed by atoms with E-state index in [-0.39, 0.29) is 5.78 Å². The highest BCUT2D eigenvalue weighted by molar-refractivity contribution is 6.08. The highest BCUT2D eigenvalue weighted by Gasteiger charge is 2.06. The molecule has 1 heterocycles. The highest BCUT2D eigenvalue weighted by Crippen LogP contribution is 2.07. The molecule has 1 aromatic carbocycles. The molecule has 2 aromatic rings. The lowest BCUT2D eigenvalue weighted by Gasteiger charge is -1.98. The van der Waals surface area contributed by atoms with Crippen molar-refractivity contribution in [2.75, 3.05) is 0 Å². The largest absolute Gasteiger partial charge is 0.289 e. The average Bonchev–Trinajstić information content (AvgIpc) is 2.30. The maximum atomic E-state index is 11.8. The Morgan fingerprint density at radius 1 is 1.00 bits per heavy atom. The molecule has 0 saturated carbocycles. The van der Waals surface area contributed by atoms with Crippen LogP contribution in [0.3, 0.4) is 0 Å². The van der Waals surface area contributed by atoms with Crippen molar-refractivity contribution in [3.8, 4) is 0 Å². The highest BCUT2D eigenvalue weighted by atomic mass is 16.1. The zero-order valence-corrected chi connectivity index (χ0v) is 7.47. The van der Waals surface area contributed by atoms with Crippen molar-refractivity contribution in [2.24, 2.45) is 0 Å². The van der Waals surface area contributed by atoms with Crippen LogP contribution in [0.25, 0.3) is 0 Å². The summed E-state index contributed by atoms with van der Waals surface area (Å²) in [5, 5.41) is 0. The summed E-state index contributed by atoms with van der Waals surface area (Å²) in [5.41, 5.74) is 1.33. The molecular weight excluding hydrogens is 174 g/mol. The molecule has 0 fully saturated rings. The molecule has 0 spiro atoms. The number of rotatable bonds is 2. The molecule has 0 aliphatic heterocycles. The van der Waals surface area contributed by atoms with Crippen LogP contribution in [0, 0.1) is 6.07 Å². The summed E-state index contributed by atoms with van der Waals surface area (Å²) >= 11 is 0. The number of carbonyl (C=O) groups is 1. The SMILES string of the molecule is O=C(c1cc[c]cc1)c1ccncc1. The fourth-order valence-corrected chi connectivity index (χ4v) is 1.21. The summed E-state index contributed by atoms with van der Waals surface area (Å²) in [7, 11) is 0. The van der Waals surface area contributed by atoms with Gasteiger partial charge >= 0.3 is 0 Å². The molecule has 0 atom stereocenters. The van der Waals surface area contributed by atoms with E-state index in [4.69, 9.17) is 0 Å². The molecule has 2 heteroatoms. The fraction of sp³-hybridized carbons (Fsp3) is 0. The van der Waals surface area contributed by atoms with Gasteiger partial charge in [0.05, 0.1) is 0 Å². The van der Waals surface area contributed by atoms with Gasteiger partial charge in [-0.3, -0.25) is 9.78 Å². The topological polar surface area (TPSA) is 30.0 Å². The van der Waals surface area contributed by atoms with Crippen LogP contribution in [0.2, 0.25) is 0 Å². The predicted octanol–water partition coefficient (Wildman–Crippen LogP) is 2.11. The molecule has 1 radical (unpaired) electrons. The molecule has 0 N–H and O–H groups in total. The van der Waals surface area contributed by atoms with Crippen molar-refractivity contribution in [3.05, 3.63) is 66.0 Å². The lowest BCUT2D eigenvalue weighted by molar-refractivity contribution is 0.103. The van der Waals surface area contributed by atoms with Crippen LogP contribution < -0.4 is 0 Å². The zero-order chi connectivity index (χ0) is 9.80. The molecule has 0 unspecified atom stereocenters. The van der Waals surface area contributed by atoms with Crippen LogP contribution in [0.1, 0.15) is 15.9 Å². The lowest BCUT2D eigenvalue weighted by atomic mass is 10.1. The molecule has 0 amide bonds. The van der Waals surface area contributed by atoms with Gasteiger partial charge in [0.15, 0.2) is 5.78 Å². The molecule has 2 nitrogen and oxygen atoms in total. The number of carbonyl (C=O) groups excluding carboxylic acids is 1. The first-order chi connectivity index (χ1) is 6.88. The first-order valence-electron chi connectivity index (χ1n) is 4.29. The Bertz CT molecular complexity index is 381. The molecule has 67 valence electrons. The minimum Gasteiger partial charge on any atom is -0.289 e. The minimum atomic E-state index is 0.0152. The van der Waals surface area contributed by atoms with E-state index in [1.165, 1.54) is 0 Å². The number of benzene rings is 1. The van der Waals surface area contributed by atoms with Gasteiger partial charge < -0.3 is 0 Å². The average molecular weight is 182 g/mol. The Hall–Kier alpha value is -1.96. The standard InChI is InChI=1S/C12H8NO/c14-12(10-4-2-1-3-5-10)11-6-8-13-9-7-11/h2-9H. The van der Waals surface area contributed by atoms with E-state index in [2.05, 4.69) is 11.1 Å². The van der Waals surface area contributed by atoms with Crippen LogP contribution in [0.4, 0.5) is 0 Å². The summed E-state index contributed by atoms with van der Waals surface area (Å²) in [6.45, 7) is 0. The van der Waals surface area contributed by atoms with Gasteiger partial charge in [-0.05, 0) is 18.2 Å². The normalized spacial score (nSPS) is 9.71. The predicted molar refractivity (Wildman–Crippen MR) is 52.9 cm³/mol. The van der Waals surface area contributed by atoms with Crippen molar-refractivity contribution in [2.45, 2.75) is 0 Å². The number of nitrogens with zero attached hydrogens (tertiary/aromatic N) is 1. The third kappa shape index (κ3) is 1.69. The lowest BCUT2D eigenvalue weighted by Crippen LogP contribution is -2.00. The maximum Gasteiger partial charge on any atom is 0.193 e.